The lowest BCUT2D eigenvalue weighted by molar-refractivity contribution is -0.138. The number of alkyl halides is 3. The highest BCUT2D eigenvalue weighted by atomic mass is 79.9. The van der Waals surface area contributed by atoms with Crippen LogP contribution in [0.3, 0.4) is 0 Å². The van der Waals surface area contributed by atoms with Crippen LogP contribution in [-0.2, 0) is 21.7 Å². The second-order valence-corrected chi connectivity index (χ2v) is 8.90. The molecule has 2 N–H and O–H groups in total. The normalized spacial score (nSPS) is 24.5. The van der Waals surface area contributed by atoms with Crippen LogP contribution in [-0.4, -0.2) is 19.0 Å². The van der Waals surface area contributed by atoms with E-state index >= 15 is 0 Å². The number of rotatable bonds is 1. The third kappa shape index (κ3) is 2.02. The molecule has 1 aromatic heterocycles. The number of benzene rings is 1. The monoisotopic (exact) mass is 433 g/mol. The average Bonchev–Trinajstić information content (AvgIpc) is 3.04. The molecule has 4 nitrogen and oxygen atoms in total. The summed E-state index contributed by atoms with van der Waals surface area (Å²) < 4.78 is 51.8. The first kappa shape index (κ1) is 16.7. The van der Waals surface area contributed by atoms with Gasteiger partial charge in [0.1, 0.15) is 0 Å². The van der Waals surface area contributed by atoms with Gasteiger partial charge in [-0.25, -0.2) is 0 Å². The van der Waals surface area contributed by atoms with Gasteiger partial charge < -0.3 is 10.2 Å². The van der Waals surface area contributed by atoms with Crippen molar-refractivity contribution in [1.29, 1.82) is 0 Å². The lowest BCUT2D eigenvalue weighted by Gasteiger charge is -2.19. The van der Waals surface area contributed by atoms with Gasteiger partial charge in [-0.1, -0.05) is 22.0 Å². The van der Waals surface area contributed by atoms with Gasteiger partial charge in [0.05, 0.1) is 32.4 Å². The van der Waals surface area contributed by atoms with Crippen LogP contribution >= 0.6 is 15.9 Å². The Balaban J connectivity index is 1.97. The number of hydrogen-bond acceptors (Lipinski definition) is 3. The quantitative estimate of drug-likeness (QED) is 0.700. The topological polar surface area (TPSA) is 62.5 Å². The molecule has 0 fully saturated rings. The molecule has 0 spiro atoms. The summed E-state index contributed by atoms with van der Waals surface area (Å²) in [7, 11) is -1.40. The lowest BCUT2D eigenvalue weighted by Crippen LogP contribution is -2.19. The van der Waals surface area contributed by atoms with Gasteiger partial charge in [0.15, 0.2) is 0 Å². The first-order valence-electron chi connectivity index (χ1n) is 7.24. The molecule has 1 aromatic carbocycles. The number of aromatic nitrogens is 1. The molecule has 9 heteroatoms. The Morgan fingerprint density at radius 3 is 2.56 bits per heavy atom. The second kappa shape index (κ2) is 4.91. The molecular weight excluding hydrogens is 423 g/mol. The zero-order valence-electron chi connectivity index (χ0n) is 12.7. The molecule has 0 radical (unpaired) electrons. The summed E-state index contributed by atoms with van der Waals surface area (Å²) in [6.45, 7) is 1.70. The molecule has 2 unspecified atom stereocenters. The fourth-order valence-electron chi connectivity index (χ4n) is 3.47. The average molecular weight is 434 g/mol. The van der Waals surface area contributed by atoms with E-state index in [1.807, 2.05) is 0 Å². The SMILES string of the molecule is CC12CC=C(c3c1c(O)n(-c1ccc(Br)c(C(F)(F)F)c1)c3O)S2=O. The maximum atomic E-state index is 13.1. The van der Waals surface area contributed by atoms with Gasteiger partial charge in [-0.3, -0.25) is 8.78 Å². The van der Waals surface area contributed by atoms with E-state index in [4.69, 9.17) is 0 Å². The lowest BCUT2D eigenvalue weighted by atomic mass is 9.91. The van der Waals surface area contributed by atoms with Crippen LogP contribution in [0.1, 0.15) is 30.0 Å². The second-order valence-electron chi connectivity index (χ2n) is 6.17. The summed E-state index contributed by atoms with van der Waals surface area (Å²) in [5.41, 5.74) is -0.387. The van der Waals surface area contributed by atoms with Crippen molar-refractivity contribution in [2.45, 2.75) is 24.3 Å². The Morgan fingerprint density at radius 1 is 1.28 bits per heavy atom. The van der Waals surface area contributed by atoms with E-state index < -0.39 is 33.2 Å². The van der Waals surface area contributed by atoms with Crippen molar-refractivity contribution >= 4 is 31.6 Å². The van der Waals surface area contributed by atoms with Crippen LogP contribution in [0, 0.1) is 0 Å². The Labute approximate surface area is 151 Å². The minimum absolute atomic E-state index is 0.0330. The molecule has 2 aliphatic rings. The number of allylic oxidation sites excluding steroid dienone is 1. The van der Waals surface area contributed by atoms with Crippen LogP contribution < -0.4 is 0 Å². The summed E-state index contributed by atoms with van der Waals surface area (Å²) >= 11 is 2.86. The Hall–Kier alpha value is -1.74. The molecular formula is C16H11BrF3NO3S. The summed E-state index contributed by atoms with van der Waals surface area (Å²) in [6.07, 6.45) is -2.43. The van der Waals surface area contributed by atoms with E-state index in [0.29, 0.717) is 16.9 Å². The van der Waals surface area contributed by atoms with Gasteiger partial charge in [0, 0.05) is 14.9 Å². The largest absolute Gasteiger partial charge is 0.494 e. The zero-order chi connectivity index (χ0) is 18.3. The first-order valence-corrected chi connectivity index (χ1v) is 9.18. The first-order chi connectivity index (χ1) is 11.6. The molecule has 2 bridgehead atoms. The Kier molecular flexibility index (Phi) is 3.28. The molecule has 0 aliphatic carbocycles. The van der Waals surface area contributed by atoms with Crippen LogP contribution in [0.2, 0.25) is 0 Å². The zero-order valence-corrected chi connectivity index (χ0v) is 15.1. The van der Waals surface area contributed by atoms with Crippen LogP contribution in [0.4, 0.5) is 13.2 Å². The van der Waals surface area contributed by atoms with Crippen molar-refractivity contribution < 1.29 is 27.6 Å². The molecule has 2 aliphatic heterocycles. The van der Waals surface area contributed by atoms with E-state index in [1.165, 1.54) is 12.1 Å². The minimum atomic E-state index is -4.59. The van der Waals surface area contributed by atoms with Crippen molar-refractivity contribution in [3.63, 3.8) is 0 Å². The minimum Gasteiger partial charge on any atom is -0.494 e. The number of hydrogen-bond donors (Lipinski definition) is 2. The maximum Gasteiger partial charge on any atom is 0.417 e. The third-order valence-electron chi connectivity index (χ3n) is 4.70. The van der Waals surface area contributed by atoms with E-state index in [9.17, 15) is 27.6 Å². The molecule has 0 amide bonds. The summed E-state index contributed by atoms with van der Waals surface area (Å²) in [5, 5.41) is 21.1. The van der Waals surface area contributed by atoms with Gasteiger partial charge in [0.25, 0.3) is 0 Å². The van der Waals surface area contributed by atoms with E-state index in [-0.39, 0.29) is 21.6 Å². The summed E-state index contributed by atoms with van der Waals surface area (Å²) in [4.78, 5) is 0.414. The van der Waals surface area contributed by atoms with Crippen molar-refractivity contribution in [3.8, 4) is 17.4 Å². The molecule has 25 heavy (non-hydrogen) atoms. The highest BCUT2D eigenvalue weighted by molar-refractivity contribution is 9.10. The maximum absolute atomic E-state index is 13.1. The van der Waals surface area contributed by atoms with Crippen molar-refractivity contribution in [1.82, 2.24) is 4.57 Å². The van der Waals surface area contributed by atoms with E-state index in [1.54, 1.807) is 13.0 Å². The van der Waals surface area contributed by atoms with Crippen molar-refractivity contribution in [2.75, 3.05) is 0 Å². The predicted molar refractivity (Wildman–Crippen MR) is 89.9 cm³/mol. The standard InChI is InChI=1S/C16H11BrF3NO3S/c1-15-5-4-10(25(15)24)11-12(15)14(23)21(13(11)22)7-2-3-9(17)8(6-7)16(18,19)20/h2-4,6,22-23H,5H2,1H3. The van der Waals surface area contributed by atoms with Crippen LogP contribution in [0.25, 0.3) is 10.6 Å². The summed E-state index contributed by atoms with van der Waals surface area (Å²) in [5.74, 6) is -0.798. The van der Waals surface area contributed by atoms with Gasteiger partial charge >= 0.3 is 6.18 Å². The molecule has 0 saturated heterocycles. The fourth-order valence-corrected chi connectivity index (χ4v) is 5.65. The number of fused-ring (bicyclic) bond motifs is 5. The van der Waals surface area contributed by atoms with Crippen molar-refractivity contribution in [3.05, 3.63) is 45.4 Å². The van der Waals surface area contributed by atoms with Crippen LogP contribution in [0.15, 0.2) is 28.7 Å². The molecule has 132 valence electrons. The molecule has 0 saturated carbocycles. The van der Waals surface area contributed by atoms with Gasteiger partial charge in [-0.2, -0.15) is 13.2 Å². The highest BCUT2D eigenvalue weighted by Crippen LogP contribution is 2.60. The molecule has 3 heterocycles. The predicted octanol–water partition coefficient (Wildman–Crippen LogP) is 4.39. The van der Waals surface area contributed by atoms with Crippen molar-refractivity contribution in [2.24, 2.45) is 0 Å². The summed E-state index contributed by atoms with van der Waals surface area (Å²) in [6, 6.07) is 3.40. The van der Waals surface area contributed by atoms with Crippen LogP contribution in [0.5, 0.6) is 11.8 Å². The fraction of sp³-hybridized carbons (Fsp3) is 0.250. The van der Waals surface area contributed by atoms with E-state index in [0.717, 1.165) is 10.6 Å². The third-order valence-corrected chi connectivity index (χ3v) is 7.35. The molecule has 2 atom stereocenters. The molecule has 4 rings (SSSR count). The molecule has 2 aromatic rings. The van der Waals surface area contributed by atoms with E-state index in [2.05, 4.69) is 15.9 Å². The Bertz CT molecular complexity index is 995. The number of nitrogens with zero attached hydrogens (tertiary/aromatic N) is 1. The number of halogens is 4. The van der Waals surface area contributed by atoms with Gasteiger partial charge in [-0.15, -0.1) is 0 Å². The Morgan fingerprint density at radius 2 is 1.96 bits per heavy atom. The number of aromatic hydroxyl groups is 2. The van der Waals surface area contributed by atoms with Gasteiger partial charge in [0.2, 0.25) is 11.8 Å². The highest BCUT2D eigenvalue weighted by Gasteiger charge is 2.53. The van der Waals surface area contributed by atoms with Gasteiger partial charge in [-0.05, 0) is 31.5 Å². The smallest absolute Gasteiger partial charge is 0.417 e.